The number of benzene rings is 2. The Morgan fingerprint density at radius 1 is 1.13 bits per heavy atom. The molecule has 0 aliphatic carbocycles. The van der Waals surface area contributed by atoms with Gasteiger partial charge in [0.2, 0.25) is 5.91 Å². The first-order valence-electron chi connectivity index (χ1n) is 9.38. The summed E-state index contributed by atoms with van der Waals surface area (Å²) in [5.74, 6) is -5.70. The normalized spacial score (nSPS) is 10.7. The predicted molar refractivity (Wildman–Crippen MR) is 105 cm³/mol. The van der Waals surface area contributed by atoms with Crippen LogP contribution in [-0.4, -0.2) is 50.0 Å². The fourth-order valence-electron chi connectivity index (χ4n) is 3.01. The first-order chi connectivity index (χ1) is 14.8. The van der Waals surface area contributed by atoms with Crippen molar-refractivity contribution in [2.24, 2.45) is 0 Å². The summed E-state index contributed by atoms with van der Waals surface area (Å²) in [4.78, 5) is 26.6. The highest BCUT2D eigenvalue weighted by atomic mass is 19.2. The molecule has 162 valence electrons. The highest BCUT2D eigenvalue weighted by molar-refractivity contribution is 5.99. The summed E-state index contributed by atoms with van der Waals surface area (Å²) in [5, 5.41) is 13.1. The van der Waals surface area contributed by atoms with Crippen LogP contribution in [0.5, 0.6) is 0 Å². The van der Waals surface area contributed by atoms with E-state index in [9.17, 15) is 22.8 Å². The van der Waals surface area contributed by atoms with Gasteiger partial charge in [-0.25, -0.2) is 17.9 Å². The quantitative estimate of drug-likeness (QED) is 0.580. The van der Waals surface area contributed by atoms with Crippen molar-refractivity contribution < 1.29 is 22.8 Å². The standard InChI is InChI=1S/C20H19F3N6O2/c1-3-8-28(10-17(30)25-15-6-5-14(21)18(22)19(15)23)20(31)13-4-7-16(12(2)9-13)29-11-24-26-27-29/h4-7,9,11H,3,8,10H2,1-2H3,(H,25,30). The number of aromatic nitrogens is 4. The molecule has 1 heterocycles. The second-order valence-corrected chi connectivity index (χ2v) is 6.75. The van der Waals surface area contributed by atoms with Crippen LogP contribution in [0.25, 0.3) is 5.69 Å². The molecule has 2 amide bonds. The summed E-state index contributed by atoms with van der Waals surface area (Å²) in [6, 6.07) is 6.54. The molecule has 0 spiro atoms. The smallest absolute Gasteiger partial charge is 0.254 e. The minimum atomic E-state index is -1.68. The van der Waals surface area contributed by atoms with Gasteiger partial charge in [-0.1, -0.05) is 6.92 Å². The van der Waals surface area contributed by atoms with Crippen LogP contribution in [-0.2, 0) is 4.79 Å². The summed E-state index contributed by atoms with van der Waals surface area (Å²) in [6.45, 7) is 3.50. The van der Waals surface area contributed by atoms with Crippen molar-refractivity contribution in [3.63, 3.8) is 0 Å². The largest absolute Gasteiger partial charge is 0.329 e. The van der Waals surface area contributed by atoms with Crippen LogP contribution in [0.2, 0.25) is 0 Å². The number of tetrazole rings is 1. The molecule has 0 aliphatic heterocycles. The number of aryl methyl sites for hydroxylation is 1. The molecule has 3 aromatic rings. The van der Waals surface area contributed by atoms with E-state index in [1.165, 1.54) is 15.9 Å². The zero-order valence-corrected chi connectivity index (χ0v) is 16.8. The van der Waals surface area contributed by atoms with Gasteiger partial charge in [0.15, 0.2) is 17.5 Å². The molecule has 0 unspecified atom stereocenters. The molecule has 0 aliphatic rings. The molecule has 2 aromatic carbocycles. The van der Waals surface area contributed by atoms with Crippen molar-refractivity contribution in [3.05, 3.63) is 65.2 Å². The highest BCUT2D eigenvalue weighted by Crippen LogP contribution is 2.20. The number of halogens is 3. The third-order valence-electron chi connectivity index (χ3n) is 4.46. The van der Waals surface area contributed by atoms with Gasteiger partial charge in [0.05, 0.1) is 11.4 Å². The zero-order chi connectivity index (χ0) is 22.5. The Labute approximate surface area is 175 Å². The van der Waals surface area contributed by atoms with E-state index in [2.05, 4.69) is 20.8 Å². The summed E-state index contributed by atoms with van der Waals surface area (Å²) in [6.07, 6.45) is 2.00. The lowest BCUT2D eigenvalue weighted by atomic mass is 10.1. The Morgan fingerprint density at radius 3 is 2.55 bits per heavy atom. The Hall–Kier alpha value is -3.76. The van der Waals surface area contributed by atoms with Gasteiger partial charge in [-0.05, 0) is 59.7 Å². The molecule has 0 radical (unpaired) electrons. The third-order valence-corrected chi connectivity index (χ3v) is 4.46. The fraction of sp³-hybridized carbons (Fsp3) is 0.250. The lowest BCUT2D eigenvalue weighted by Gasteiger charge is -2.22. The van der Waals surface area contributed by atoms with Gasteiger partial charge in [-0.15, -0.1) is 5.10 Å². The summed E-state index contributed by atoms with van der Waals surface area (Å²) in [7, 11) is 0. The van der Waals surface area contributed by atoms with Crippen LogP contribution in [0, 0.1) is 24.4 Å². The molecule has 8 nitrogen and oxygen atoms in total. The zero-order valence-electron chi connectivity index (χ0n) is 16.8. The molecule has 0 saturated carbocycles. The predicted octanol–water partition coefficient (Wildman–Crippen LogP) is 2.88. The number of amides is 2. The number of hydrogen-bond acceptors (Lipinski definition) is 5. The number of nitrogens with zero attached hydrogens (tertiary/aromatic N) is 5. The average Bonchev–Trinajstić information content (AvgIpc) is 3.28. The lowest BCUT2D eigenvalue weighted by molar-refractivity contribution is -0.116. The van der Waals surface area contributed by atoms with Crippen LogP contribution in [0.1, 0.15) is 29.3 Å². The van der Waals surface area contributed by atoms with Crippen LogP contribution in [0.15, 0.2) is 36.7 Å². The van der Waals surface area contributed by atoms with E-state index in [1.54, 1.807) is 25.1 Å². The molecule has 0 atom stereocenters. The van der Waals surface area contributed by atoms with E-state index < -0.39 is 35.0 Å². The van der Waals surface area contributed by atoms with Crippen LogP contribution >= 0.6 is 0 Å². The van der Waals surface area contributed by atoms with Gasteiger partial charge in [-0.2, -0.15) is 0 Å². The molecule has 0 bridgehead atoms. The molecule has 0 fully saturated rings. The molecular weight excluding hydrogens is 413 g/mol. The van der Waals surface area contributed by atoms with Crippen molar-refractivity contribution >= 4 is 17.5 Å². The van der Waals surface area contributed by atoms with Crippen molar-refractivity contribution in [1.29, 1.82) is 0 Å². The maximum absolute atomic E-state index is 13.8. The van der Waals surface area contributed by atoms with Crippen LogP contribution in [0.3, 0.4) is 0 Å². The second kappa shape index (κ2) is 9.37. The number of rotatable bonds is 7. The number of carbonyl (C=O) groups is 2. The Bertz CT molecular complexity index is 1100. The molecule has 1 N–H and O–H groups in total. The monoisotopic (exact) mass is 432 g/mol. The van der Waals surface area contributed by atoms with Gasteiger partial charge in [0, 0.05) is 12.1 Å². The van der Waals surface area contributed by atoms with E-state index in [0.29, 0.717) is 23.7 Å². The maximum atomic E-state index is 13.8. The molecule has 1 aromatic heterocycles. The van der Waals surface area contributed by atoms with Gasteiger partial charge >= 0.3 is 0 Å². The van der Waals surface area contributed by atoms with Crippen molar-refractivity contribution in [3.8, 4) is 5.69 Å². The third kappa shape index (κ3) is 4.87. The van der Waals surface area contributed by atoms with Crippen molar-refractivity contribution in [1.82, 2.24) is 25.1 Å². The Morgan fingerprint density at radius 2 is 1.90 bits per heavy atom. The van der Waals surface area contributed by atoms with Crippen LogP contribution in [0.4, 0.5) is 18.9 Å². The number of nitrogens with one attached hydrogen (secondary N) is 1. The van der Waals surface area contributed by atoms with E-state index in [4.69, 9.17) is 0 Å². The maximum Gasteiger partial charge on any atom is 0.254 e. The first-order valence-corrected chi connectivity index (χ1v) is 9.38. The van der Waals surface area contributed by atoms with Crippen LogP contribution < -0.4 is 5.32 Å². The van der Waals surface area contributed by atoms with Gasteiger partial charge in [0.1, 0.15) is 12.9 Å². The Balaban J connectivity index is 1.75. The van der Waals surface area contributed by atoms with Gasteiger partial charge in [0.25, 0.3) is 5.91 Å². The summed E-state index contributed by atoms with van der Waals surface area (Å²) >= 11 is 0. The molecule has 11 heteroatoms. The highest BCUT2D eigenvalue weighted by Gasteiger charge is 2.21. The summed E-state index contributed by atoms with van der Waals surface area (Å²) < 4.78 is 41.7. The fourth-order valence-corrected chi connectivity index (χ4v) is 3.01. The van der Waals surface area contributed by atoms with E-state index in [-0.39, 0.29) is 13.1 Å². The average molecular weight is 432 g/mol. The second-order valence-electron chi connectivity index (χ2n) is 6.75. The topological polar surface area (TPSA) is 93.0 Å². The SMILES string of the molecule is CCCN(CC(=O)Nc1ccc(F)c(F)c1F)C(=O)c1ccc(-n2cnnn2)c(C)c1. The van der Waals surface area contributed by atoms with E-state index in [1.807, 2.05) is 6.92 Å². The van der Waals surface area contributed by atoms with Gasteiger partial charge in [-0.3, -0.25) is 9.59 Å². The van der Waals surface area contributed by atoms with E-state index >= 15 is 0 Å². The van der Waals surface area contributed by atoms with Gasteiger partial charge < -0.3 is 10.2 Å². The van der Waals surface area contributed by atoms with Crippen molar-refractivity contribution in [2.45, 2.75) is 20.3 Å². The molecular formula is C20H19F3N6O2. The molecule has 3 rings (SSSR count). The molecule has 31 heavy (non-hydrogen) atoms. The van der Waals surface area contributed by atoms with Crippen molar-refractivity contribution in [2.75, 3.05) is 18.4 Å². The summed E-state index contributed by atoms with van der Waals surface area (Å²) in [5.41, 5.74) is 1.27. The minimum absolute atomic E-state index is 0.264. The minimum Gasteiger partial charge on any atom is -0.329 e. The number of carbonyl (C=O) groups excluding carboxylic acids is 2. The number of hydrogen-bond donors (Lipinski definition) is 1. The lowest BCUT2D eigenvalue weighted by Crippen LogP contribution is -2.38. The Kier molecular flexibility index (Phi) is 6.63. The number of anilines is 1. The first kappa shape index (κ1) is 21.9. The van der Waals surface area contributed by atoms with E-state index in [0.717, 1.165) is 11.6 Å². The molecule has 0 saturated heterocycles.